The van der Waals surface area contributed by atoms with E-state index in [0.29, 0.717) is 17.4 Å². The van der Waals surface area contributed by atoms with Gasteiger partial charge in [-0.25, -0.2) is 4.98 Å². The summed E-state index contributed by atoms with van der Waals surface area (Å²) in [5, 5.41) is 2.98. The van der Waals surface area contributed by atoms with Crippen LogP contribution >= 0.6 is 11.6 Å². The number of nitrogens with two attached hydrogens (primary N) is 1. The standard InChI is InChI=1S/C11H16ClN3O/c1-2-3-5-8(13)11(16)15-10-7-4-6-9(12)14-10/h4,6-8H,2-3,5,13H2,1H3,(H,14,15,16). The predicted molar refractivity (Wildman–Crippen MR) is 65.4 cm³/mol. The molecule has 1 rings (SSSR count). The summed E-state index contributed by atoms with van der Waals surface area (Å²) in [6.07, 6.45) is 2.65. The van der Waals surface area contributed by atoms with E-state index in [1.165, 1.54) is 0 Å². The van der Waals surface area contributed by atoms with Gasteiger partial charge in [-0.05, 0) is 18.6 Å². The lowest BCUT2D eigenvalue weighted by atomic mass is 10.1. The van der Waals surface area contributed by atoms with Crippen molar-refractivity contribution < 1.29 is 4.79 Å². The first-order chi connectivity index (χ1) is 7.63. The maximum Gasteiger partial charge on any atom is 0.242 e. The van der Waals surface area contributed by atoms with Gasteiger partial charge in [0, 0.05) is 0 Å². The third-order valence-electron chi connectivity index (χ3n) is 2.17. The number of halogens is 1. The highest BCUT2D eigenvalue weighted by atomic mass is 35.5. The number of anilines is 1. The summed E-state index contributed by atoms with van der Waals surface area (Å²) in [6, 6.07) is 4.56. The number of carbonyl (C=O) groups excluding carboxylic acids is 1. The van der Waals surface area contributed by atoms with Gasteiger partial charge in [-0.1, -0.05) is 37.4 Å². The van der Waals surface area contributed by atoms with Crippen LogP contribution in [0, 0.1) is 0 Å². The molecule has 4 nitrogen and oxygen atoms in total. The second kappa shape index (κ2) is 6.45. The van der Waals surface area contributed by atoms with E-state index < -0.39 is 6.04 Å². The smallest absolute Gasteiger partial charge is 0.242 e. The molecule has 1 aromatic heterocycles. The minimum atomic E-state index is -0.485. The number of amides is 1. The van der Waals surface area contributed by atoms with E-state index in [9.17, 15) is 4.79 Å². The molecule has 1 atom stereocenters. The highest BCUT2D eigenvalue weighted by Crippen LogP contribution is 2.10. The summed E-state index contributed by atoms with van der Waals surface area (Å²) in [4.78, 5) is 15.6. The molecule has 1 aromatic rings. The van der Waals surface area contributed by atoms with E-state index >= 15 is 0 Å². The normalized spacial score (nSPS) is 12.2. The fourth-order valence-electron chi connectivity index (χ4n) is 1.25. The molecular weight excluding hydrogens is 226 g/mol. The Morgan fingerprint density at radius 2 is 2.38 bits per heavy atom. The third kappa shape index (κ3) is 4.16. The van der Waals surface area contributed by atoms with Crippen LogP contribution in [-0.2, 0) is 4.79 Å². The van der Waals surface area contributed by atoms with Crippen molar-refractivity contribution in [1.82, 2.24) is 4.98 Å². The third-order valence-corrected chi connectivity index (χ3v) is 2.38. The van der Waals surface area contributed by atoms with E-state index in [-0.39, 0.29) is 5.91 Å². The van der Waals surface area contributed by atoms with Gasteiger partial charge in [-0.2, -0.15) is 0 Å². The predicted octanol–water partition coefficient (Wildman–Crippen LogP) is 2.19. The number of hydrogen-bond donors (Lipinski definition) is 2. The second-order valence-electron chi connectivity index (χ2n) is 3.58. The molecule has 0 spiro atoms. The summed E-state index contributed by atoms with van der Waals surface area (Å²) < 4.78 is 0. The molecule has 0 radical (unpaired) electrons. The number of aromatic nitrogens is 1. The number of unbranched alkanes of at least 4 members (excludes halogenated alkanes) is 1. The zero-order valence-corrected chi connectivity index (χ0v) is 10.00. The van der Waals surface area contributed by atoms with Crippen LogP contribution in [0.1, 0.15) is 26.2 Å². The van der Waals surface area contributed by atoms with Crippen LogP contribution < -0.4 is 11.1 Å². The van der Waals surface area contributed by atoms with Crippen LogP contribution in [0.4, 0.5) is 5.82 Å². The Hall–Kier alpha value is -1.13. The van der Waals surface area contributed by atoms with Gasteiger partial charge < -0.3 is 11.1 Å². The van der Waals surface area contributed by atoms with Gasteiger partial charge in [0.15, 0.2) is 0 Å². The number of hydrogen-bond acceptors (Lipinski definition) is 3. The molecule has 0 aromatic carbocycles. The van der Waals surface area contributed by atoms with Crippen LogP contribution in [0.2, 0.25) is 5.15 Å². The number of nitrogens with one attached hydrogen (secondary N) is 1. The van der Waals surface area contributed by atoms with Crippen molar-refractivity contribution in [2.45, 2.75) is 32.2 Å². The van der Waals surface area contributed by atoms with Gasteiger partial charge in [0.25, 0.3) is 0 Å². The molecule has 0 saturated heterocycles. The van der Waals surface area contributed by atoms with Gasteiger partial charge in [-0.15, -0.1) is 0 Å². The van der Waals surface area contributed by atoms with Crippen molar-refractivity contribution in [1.29, 1.82) is 0 Å². The minimum absolute atomic E-state index is 0.219. The largest absolute Gasteiger partial charge is 0.320 e. The molecule has 0 aliphatic rings. The molecule has 0 aliphatic heterocycles. The molecule has 88 valence electrons. The molecule has 1 amide bonds. The maximum atomic E-state index is 11.6. The summed E-state index contributed by atoms with van der Waals surface area (Å²) in [6.45, 7) is 2.06. The van der Waals surface area contributed by atoms with Gasteiger partial charge in [0.2, 0.25) is 5.91 Å². The monoisotopic (exact) mass is 241 g/mol. The molecule has 1 unspecified atom stereocenters. The Kier molecular flexibility index (Phi) is 5.22. The van der Waals surface area contributed by atoms with Gasteiger partial charge in [-0.3, -0.25) is 4.79 Å². The van der Waals surface area contributed by atoms with Crippen molar-refractivity contribution in [3.63, 3.8) is 0 Å². The first-order valence-corrected chi connectivity index (χ1v) is 5.70. The molecule has 0 aliphatic carbocycles. The molecule has 1 heterocycles. The number of carbonyl (C=O) groups is 1. The average Bonchev–Trinajstić information content (AvgIpc) is 2.25. The van der Waals surface area contributed by atoms with E-state index in [4.69, 9.17) is 17.3 Å². The maximum absolute atomic E-state index is 11.6. The lowest BCUT2D eigenvalue weighted by Crippen LogP contribution is -2.35. The topological polar surface area (TPSA) is 68.0 Å². The molecule has 0 bridgehead atoms. The van der Waals surface area contributed by atoms with E-state index in [1.807, 2.05) is 0 Å². The Morgan fingerprint density at radius 1 is 1.62 bits per heavy atom. The Morgan fingerprint density at radius 3 is 3.00 bits per heavy atom. The summed E-state index contributed by atoms with van der Waals surface area (Å²) in [5.41, 5.74) is 5.72. The minimum Gasteiger partial charge on any atom is -0.320 e. The number of pyridine rings is 1. The lowest BCUT2D eigenvalue weighted by Gasteiger charge is -2.10. The number of rotatable bonds is 5. The summed E-state index contributed by atoms with van der Waals surface area (Å²) in [7, 11) is 0. The Labute approximate surface area is 100 Å². The Balaban J connectivity index is 2.50. The number of nitrogens with zero attached hydrogens (tertiary/aromatic N) is 1. The average molecular weight is 242 g/mol. The van der Waals surface area contributed by atoms with Crippen molar-refractivity contribution in [3.8, 4) is 0 Å². The van der Waals surface area contributed by atoms with Crippen molar-refractivity contribution in [2.24, 2.45) is 5.73 Å². The van der Waals surface area contributed by atoms with Crippen molar-refractivity contribution in [2.75, 3.05) is 5.32 Å². The zero-order chi connectivity index (χ0) is 12.0. The van der Waals surface area contributed by atoms with Crippen molar-refractivity contribution >= 4 is 23.3 Å². The highest BCUT2D eigenvalue weighted by Gasteiger charge is 2.13. The van der Waals surface area contributed by atoms with Crippen LogP contribution in [0.5, 0.6) is 0 Å². The Bertz CT molecular complexity index is 357. The van der Waals surface area contributed by atoms with E-state index in [1.54, 1.807) is 18.2 Å². The first-order valence-electron chi connectivity index (χ1n) is 5.32. The lowest BCUT2D eigenvalue weighted by molar-refractivity contribution is -0.117. The SMILES string of the molecule is CCCCC(N)C(=O)Nc1cccc(Cl)n1. The van der Waals surface area contributed by atoms with Crippen LogP contribution in [0.15, 0.2) is 18.2 Å². The first kappa shape index (κ1) is 12.9. The quantitative estimate of drug-likeness (QED) is 0.777. The van der Waals surface area contributed by atoms with Crippen molar-refractivity contribution in [3.05, 3.63) is 23.4 Å². The van der Waals surface area contributed by atoms with Crippen LogP contribution in [-0.4, -0.2) is 16.9 Å². The van der Waals surface area contributed by atoms with E-state index in [2.05, 4.69) is 17.2 Å². The second-order valence-corrected chi connectivity index (χ2v) is 3.97. The summed E-state index contributed by atoms with van der Waals surface area (Å²) in [5.74, 6) is 0.215. The fraction of sp³-hybridized carbons (Fsp3) is 0.455. The molecule has 3 N–H and O–H groups in total. The molecule has 16 heavy (non-hydrogen) atoms. The van der Waals surface area contributed by atoms with Gasteiger partial charge >= 0.3 is 0 Å². The molecular formula is C11H16ClN3O. The van der Waals surface area contributed by atoms with Gasteiger partial charge in [0.05, 0.1) is 6.04 Å². The zero-order valence-electron chi connectivity index (χ0n) is 9.24. The molecule has 0 saturated carbocycles. The highest BCUT2D eigenvalue weighted by molar-refractivity contribution is 6.29. The fourth-order valence-corrected chi connectivity index (χ4v) is 1.42. The molecule has 0 fully saturated rings. The molecule has 5 heteroatoms. The van der Waals surface area contributed by atoms with Crippen LogP contribution in [0.3, 0.4) is 0 Å². The van der Waals surface area contributed by atoms with Gasteiger partial charge in [0.1, 0.15) is 11.0 Å². The van der Waals surface area contributed by atoms with E-state index in [0.717, 1.165) is 12.8 Å². The van der Waals surface area contributed by atoms with Crippen LogP contribution in [0.25, 0.3) is 0 Å². The summed E-state index contributed by atoms with van der Waals surface area (Å²) >= 11 is 5.70.